The lowest BCUT2D eigenvalue weighted by Crippen LogP contribution is -2.46. The number of nitrogens with two attached hydrogens (primary N) is 1. The van der Waals surface area contributed by atoms with Crippen LogP contribution in [0.2, 0.25) is 0 Å². The molecular formula is C14H21N3. The zero-order chi connectivity index (χ0) is 11.4. The number of hydrogen-bond acceptors (Lipinski definition) is 2. The van der Waals surface area contributed by atoms with E-state index in [-0.39, 0.29) is 0 Å². The highest BCUT2D eigenvalue weighted by molar-refractivity contribution is 5.23. The standard InChI is InChI=1S/C14H21N3/c15-14-1-2-17(16-14)8-13-11-4-9-3-10(6-11)7-12(13)5-9/h1-2,9-13H,3-8H2,(H2,15,16). The van der Waals surface area contributed by atoms with Gasteiger partial charge in [0.25, 0.3) is 0 Å². The van der Waals surface area contributed by atoms with Crippen molar-refractivity contribution < 1.29 is 0 Å². The summed E-state index contributed by atoms with van der Waals surface area (Å²) in [5.41, 5.74) is 5.70. The van der Waals surface area contributed by atoms with Gasteiger partial charge in [0.1, 0.15) is 5.82 Å². The van der Waals surface area contributed by atoms with E-state index in [1.54, 1.807) is 0 Å². The molecule has 1 aromatic rings. The van der Waals surface area contributed by atoms with Crippen LogP contribution in [0.1, 0.15) is 32.1 Å². The summed E-state index contributed by atoms with van der Waals surface area (Å²) < 4.78 is 2.07. The van der Waals surface area contributed by atoms with Crippen molar-refractivity contribution in [2.45, 2.75) is 38.6 Å². The summed E-state index contributed by atoms with van der Waals surface area (Å²) in [4.78, 5) is 0. The molecule has 5 rings (SSSR count). The molecule has 0 saturated heterocycles. The lowest BCUT2D eigenvalue weighted by atomic mass is 9.52. The highest BCUT2D eigenvalue weighted by atomic mass is 15.3. The van der Waals surface area contributed by atoms with Gasteiger partial charge in [-0.25, -0.2) is 0 Å². The average molecular weight is 231 g/mol. The Kier molecular flexibility index (Phi) is 2.06. The molecule has 4 fully saturated rings. The Morgan fingerprint density at radius 3 is 2.29 bits per heavy atom. The van der Waals surface area contributed by atoms with Crippen LogP contribution in [0.4, 0.5) is 5.82 Å². The second-order valence-electron chi connectivity index (χ2n) is 6.56. The van der Waals surface area contributed by atoms with Crippen LogP contribution >= 0.6 is 0 Å². The van der Waals surface area contributed by atoms with Gasteiger partial charge in [-0.05, 0) is 67.8 Å². The van der Waals surface area contributed by atoms with Gasteiger partial charge in [-0.1, -0.05) is 0 Å². The van der Waals surface area contributed by atoms with Crippen molar-refractivity contribution in [1.29, 1.82) is 0 Å². The van der Waals surface area contributed by atoms with Gasteiger partial charge in [-0.2, -0.15) is 5.10 Å². The molecule has 0 aromatic carbocycles. The van der Waals surface area contributed by atoms with E-state index in [1.165, 1.54) is 32.1 Å². The monoisotopic (exact) mass is 231 g/mol. The lowest BCUT2D eigenvalue weighted by molar-refractivity contribution is -0.0442. The predicted molar refractivity (Wildman–Crippen MR) is 67.2 cm³/mol. The first kappa shape index (κ1) is 9.98. The van der Waals surface area contributed by atoms with E-state index in [0.717, 1.165) is 36.1 Å². The number of hydrogen-bond donors (Lipinski definition) is 1. The Balaban J connectivity index is 1.54. The quantitative estimate of drug-likeness (QED) is 0.850. The van der Waals surface area contributed by atoms with Crippen molar-refractivity contribution >= 4 is 5.82 Å². The minimum atomic E-state index is 0.661. The normalized spacial score (nSPS) is 43.2. The molecule has 0 amide bonds. The number of anilines is 1. The molecule has 0 radical (unpaired) electrons. The number of rotatable bonds is 2. The van der Waals surface area contributed by atoms with Crippen molar-refractivity contribution in [2.75, 3.05) is 5.73 Å². The van der Waals surface area contributed by atoms with Gasteiger partial charge in [0.2, 0.25) is 0 Å². The molecule has 4 bridgehead atoms. The summed E-state index contributed by atoms with van der Waals surface area (Å²) in [6.45, 7) is 1.10. The first-order chi connectivity index (χ1) is 8.28. The predicted octanol–water partition coefficient (Wildman–Crippen LogP) is 2.54. The van der Waals surface area contributed by atoms with E-state index < -0.39 is 0 Å². The molecule has 3 heteroatoms. The summed E-state index contributed by atoms with van der Waals surface area (Å²) in [6.07, 6.45) is 9.56. The topological polar surface area (TPSA) is 43.8 Å². The third kappa shape index (κ3) is 1.59. The zero-order valence-corrected chi connectivity index (χ0v) is 10.3. The Morgan fingerprint density at radius 2 is 1.76 bits per heavy atom. The van der Waals surface area contributed by atoms with Crippen LogP contribution in [0.15, 0.2) is 12.3 Å². The zero-order valence-electron chi connectivity index (χ0n) is 10.3. The van der Waals surface area contributed by atoms with Crippen LogP contribution < -0.4 is 5.73 Å². The second kappa shape index (κ2) is 3.50. The van der Waals surface area contributed by atoms with E-state index in [0.29, 0.717) is 5.82 Å². The molecule has 0 unspecified atom stereocenters. The molecule has 4 saturated carbocycles. The summed E-state index contributed by atoms with van der Waals surface area (Å²) in [5, 5.41) is 4.36. The third-order valence-electron chi connectivity index (χ3n) is 5.48. The molecule has 2 N–H and O–H groups in total. The molecule has 1 aromatic heterocycles. The van der Waals surface area contributed by atoms with E-state index in [2.05, 4.69) is 9.78 Å². The van der Waals surface area contributed by atoms with Gasteiger partial charge in [0, 0.05) is 12.7 Å². The summed E-state index contributed by atoms with van der Waals surface area (Å²) in [6, 6.07) is 1.91. The van der Waals surface area contributed by atoms with E-state index in [4.69, 9.17) is 5.73 Å². The van der Waals surface area contributed by atoms with Gasteiger partial charge >= 0.3 is 0 Å². The minimum absolute atomic E-state index is 0.661. The second-order valence-corrected chi connectivity index (χ2v) is 6.56. The maximum Gasteiger partial charge on any atom is 0.145 e. The van der Waals surface area contributed by atoms with Crippen LogP contribution in [-0.2, 0) is 6.54 Å². The van der Waals surface area contributed by atoms with Crippen molar-refractivity contribution in [3.05, 3.63) is 12.3 Å². The van der Waals surface area contributed by atoms with Crippen LogP contribution in [0.5, 0.6) is 0 Å². The van der Waals surface area contributed by atoms with Crippen LogP contribution in [-0.4, -0.2) is 9.78 Å². The molecule has 0 aliphatic heterocycles. The Morgan fingerprint density at radius 1 is 1.12 bits per heavy atom. The Labute approximate surface area is 102 Å². The first-order valence-corrected chi connectivity index (χ1v) is 7.07. The van der Waals surface area contributed by atoms with Crippen LogP contribution in [0.3, 0.4) is 0 Å². The van der Waals surface area contributed by atoms with Gasteiger partial charge < -0.3 is 5.73 Å². The smallest absolute Gasteiger partial charge is 0.145 e. The van der Waals surface area contributed by atoms with Gasteiger partial charge in [0.05, 0.1) is 0 Å². The van der Waals surface area contributed by atoms with E-state index in [1.807, 2.05) is 12.3 Å². The van der Waals surface area contributed by atoms with E-state index >= 15 is 0 Å². The Hall–Kier alpha value is -0.990. The largest absolute Gasteiger partial charge is 0.382 e. The molecular weight excluding hydrogens is 210 g/mol. The average Bonchev–Trinajstić information content (AvgIpc) is 2.68. The molecule has 4 aliphatic carbocycles. The molecule has 17 heavy (non-hydrogen) atoms. The number of nitrogens with zero attached hydrogens (tertiary/aromatic N) is 2. The maximum absolute atomic E-state index is 5.70. The maximum atomic E-state index is 5.70. The number of nitrogen functional groups attached to an aromatic ring is 1. The Bertz CT molecular complexity index is 395. The van der Waals surface area contributed by atoms with Crippen molar-refractivity contribution in [2.24, 2.45) is 29.6 Å². The molecule has 4 aliphatic rings. The summed E-state index contributed by atoms with van der Waals surface area (Å²) in [7, 11) is 0. The summed E-state index contributed by atoms with van der Waals surface area (Å²) >= 11 is 0. The molecule has 92 valence electrons. The SMILES string of the molecule is Nc1ccn(CC2C3CC4CC(C3)CC2C4)n1. The lowest BCUT2D eigenvalue weighted by Gasteiger charge is -2.54. The fourth-order valence-electron chi connectivity index (χ4n) is 5.03. The fraction of sp³-hybridized carbons (Fsp3) is 0.786. The van der Waals surface area contributed by atoms with Crippen molar-refractivity contribution in [3.63, 3.8) is 0 Å². The molecule has 1 heterocycles. The van der Waals surface area contributed by atoms with Crippen molar-refractivity contribution in [3.8, 4) is 0 Å². The highest BCUT2D eigenvalue weighted by Crippen LogP contribution is 2.56. The van der Waals surface area contributed by atoms with Crippen LogP contribution in [0.25, 0.3) is 0 Å². The number of aromatic nitrogens is 2. The van der Waals surface area contributed by atoms with Gasteiger partial charge in [-0.3, -0.25) is 4.68 Å². The van der Waals surface area contributed by atoms with Crippen molar-refractivity contribution in [1.82, 2.24) is 9.78 Å². The first-order valence-electron chi connectivity index (χ1n) is 7.07. The third-order valence-corrected chi connectivity index (χ3v) is 5.48. The minimum Gasteiger partial charge on any atom is -0.382 e. The fourth-order valence-corrected chi connectivity index (χ4v) is 5.03. The van der Waals surface area contributed by atoms with Crippen LogP contribution in [0, 0.1) is 29.6 Å². The molecule has 0 spiro atoms. The summed E-state index contributed by atoms with van der Waals surface area (Å²) in [5.74, 6) is 5.64. The highest BCUT2D eigenvalue weighted by Gasteiger charge is 2.48. The molecule has 3 nitrogen and oxygen atoms in total. The van der Waals surface area contributed by atoms with Gasteiger partial charge in [-0.15, -0.1) is 0 Å². The van der Waals surface area contributed by atoms with E-state index in [9.17, 15) is 0 Å². The van der Waals surface area contributed by atoms with Gasteiger partial charge in [0.15, 0.2) is 0 Å². The molecule has 0 atom stereocenters.